The molecule has 1 fully saturated rings. The largest absolute Gasteiger partial charge is 0.497 e. The topological polar surface area (TPSA) is 72.9 Å². The highest BCUT2D eigenvalue weighted by atomic mass is 32.2. The molecule has 116 valence electrons. The van der Waals surface area contributed by atoms with Crippen molar-refractivity contribution < 1.29 is 22.7 Å². The molecule has 0 N–H and O–H groups in total. The third kappa shape index (κ3) is 3.19. The predicted octanol–water partition coefficient (Wildman–Crippen LogP) is 1.41. The van der Waals surface area contributed by atoms with Crippen LogP contribution in [0.15, 0.2) is 29.2 Å². The fourth-order valence-electron chi connectivity index (χ4n) is 2.40. The van der Waals surface area contributed by atoms with Crippen molar-refractivity contribution in [3.8, 4) is 5.75 Å². The number of rotatable bonds is 5. The van der Waals surface area contributed by atoms with E-state index in [4.69, 9.17) is 9.47 Å². The molecule has 21 heavy (non-hydrogen) atoms. The first-order chi connectivity index (χ1) is 10.0. The molecule has 2 rings (SSSR count). The Bertz CT molecular complexity index is 614. The Balaban J connectivity index is 2.31. The number of benzene rings is 1. The fraction of sp³-hybridized carbons (Fsp3) is 0.500. The van der Waals surface area contributed by atoms with Gasteiger partial charge in [0.1, 0.15) is 11.8 Å². The molecule has 1 saturated heterocycles. The number of methoxy groups -OCH3 is 1. The summed E-state index contributed by atoms with van der Waals surface area (Å²) in [7, 11) is -2.26. The zero-order valence-electron chi connectivity index (χ0n) is 12.1. The number of nitrogens with zero attached hydrogens (tertiary/aromatic N) is 1. The van der Waals surface area contributed by atoms with Crippen LogP contribution in [0.4, 0.5) is 0 Å². The van der Waals surface area contributed by atoms with E-state index < -0.39 is 22.0 Å². The Labute approximate surface area is 124 Å². The summed E-state index contributed by atoms with van der Waals surface area (Å²) >= 11 is 0. The summed E-state index contributed by atoms with van der Waals surface area (Å²) in [5.74, 6) is -0.0237. The second-order valence-electron chi connectivity index (χ2n) is 4.70. The first kappa shape index (κ1) is 15.8. The van der Waals surface area contributed by atoms with E-state index in [9.17, 15) is 13.2 Å². The van der Waals surface area contributed by atoms with Gasteiger partial charge in [-0.3, -0.25) is 4.79 Å². The number of ether oxygens (including phenoxy) is 2. The molecule has 1 aliphatic rings. The van der Waals surface area contributed by atoms with Crippen LogP contribution in [0, 0.1) is 0 Å². The summed E-state index contributed by atoms with van der Waals surface area (Å²) in [4.78, 5) is 12.0. The minimum atomic E-state index is -3.73. The molecule has 0 saturated carbocycles. The Morgan fingerprint density at radius 2 is 2.19 bits per heavy atom. The molecule has 0 aromatic heterocycles. The van der Waals surface area contributed by atoms with Crippen LogP contribution in [0.2, 0.25) is 0 Å². The van der Waals surface area contributed by atoms with Crippen molar-refractivity contribution in [2.24, 2.45) is 0 Å². The highest BCUT2D eigenvalue weighted by Gasteiger charge is 2.40. The molecule has 0 aliphatic carbocycles. The van der Waals surface area contributed by atoms with E-state index in [0.29, 0.717) is 25.1 Å². The summed E-state index contributed by atoms with van der Waals surface area (Å²) in [6, 6.07) is 5.50. The monoisotopic (exact) mass is 313 g/mol. The predicted molar refractivity (Wildman–Crippen MR) is 76.5 cm³/mol. The van der Waals surface area contributed by atoms with Crippen LogP contribution < -0.4 is 4.74 Å². The number of carbonyl (C=O) groups excluding carboxylic acids is 1. The van der Waals surface area contributed by atoms with Crippen LogP contribution in [0.1, 0.15) is 19.8 Å². The number of carbonyl (C=O) groups is 1. The lowest BCUT2D eigenvalue weighted by molar-refractivity contribution is -0.146. The number of hydrogen-bond donors (Lipinski definition) is 0. The molecular weight excluding hydrogens is 294 g/mol. The molecule has 1 heterocycles. The molecule has 1 aliphatic heterocycles. The van der Waals surface area contributed by atoms with Gasteiger partial charge in [-0.2, -0.15) is 4.31 Å². The van der Waals surface area contributed by atoms with Gasteiger partial charge in [0.25, 0.3) is 0 Å². The van der Waals surface area contributed by atoms with Crippen molar-refractivity contribution in [3.63, 3.8) is 0 Å². The van der Waals surface area contributed by atoms with Gasteiger partial charge in [0, 0.05) is 12.6 Å². The lowest BCUT2D eigenvalue weighted by atomic mass is 10.2. The maximum Gasteiger partial charge on any atom is 0.324 e. The number of esters is 1. The van der Waals surface area contributed by atoms with Gasteiger partial charge in [-0.1, -0.05) is 6.07 Å². The van der Waals surface area contributed by atoms with Gasteiger partial charge in [0.05, 0.1) is 18.6 Å². The van der Waals surface area contributed by atoms with E-state index in [0.717, 1.165) is 0 Å². The highest BCUT2D eigenvalue weighted by molar-refractivity contribution is 7.89. The lowest BCUT2D eigenvalue weighted by Gasteiger charge is -2.22. The van der Waals surface area contributed by atoms with Gasteiger partial charge in [-0.05, 0) is 31.9 Å². The lowest BCUT2D eigenvalue weighted by Crippen LogP contribution is -2.41. The molecule has 0 radical (unpaired) electrons. The molecule has 1 aromatic rings. The summed E-state index contributed by atoms with van der Waals surface area (Å²) in [5.41, 5.74) is 0. The molecule has 0 amide bonds. The average molecular weight is 313 g/mol. The minimum absolute atomic E-state index is 0.123. The molecule has 7 heteroatoms. The van der Waals surface area contributed by atoms with E-state index in [-0.39, 0.29) is 11.5 Å². The standard InChI is InChI=1S/C14H19NO5S/c1-3-20-14(16)13-8-5-9-15(13)21(17,18)12-7-4-6-11(10-12)19-2/h4,6-7,10,13H,3,5,8-9H2,1-2H3. The van der Waals surface area contributed by atoms with Gasteiger partial charge in [-0.25, -0.2) is 8.42 Å². The fourth-order valence-corrected chi connectivity index (χ4v) is 4.08. The second-order valence-corrected chi connectivity index (χ2v) is 6.60. The summed E-state index contributed by atoms with van der Waals surface area (Å²) < 4.78 is 36.6. The van der Waals surface area contributed by atoms with Crippen molar-refractivity contribution in [1.29, 1.82) is 0 Å². The molecular formula is C14H19NO5S. The highest BCUT2D eigenvalue weighted by Crippen LogP contribution is 2.28. The van der Waals surface area contributed by atoms with Crippen molar-refractivity contribution in [2.75, 3.05) is 20.3 Å². The van der Waals surface area contributed by atoms with E-state index >= 15 is 0 Å². The van der Waals surface area contributed by atoms with Crippen LogP contribution in [-0.2, 0) is 19.6 Å². The van der Waals surface area contributed by atoms with Crippen LogP contribution in [0.5, 0.6) is 5.75 Å². The Hall–Kier alpha value is -1.60. The maximum absolute atomic E-state index is 12.7. The van der Waals surface area contributed by atoms with Gasteiger partial charge in [-0.15, -0.1) is 0 Å². The van der Waals surface area contributed by atoms with Crippen molar-refractivity contribution in [3.05, 3.63) is 24.3 Å². The second kappa shape index (κ2) is 6.44. The third-order valence-corrected chi connectivity index (χ3v) is 5.31. The summed E-state index contributed by atoms with van der Waals surface area (Å²) in [6.45, 7) is 2.26. The minimum Gasteiger partial charge on any atom is -0.497 e. The Morgan fingerprint density at radius 3 is 2.86 bits per heavy atom. The maximum atomic E-state index is 12.7. The SMILES string of the molecule is CCOC(=O)C1CCCN1S(=O)(=O)c1cccc(OC)c1. The van der Waals surface area contributed by atoms with Crippen LogP contribution >= 0.6 is 0 Å². The van der Waals surface area contributed by atoms with E-state index in [1.54, 1.807) is 19.1 Å². The summed E-state index contributed by atoms with van der Waals surface area (Å²) in [6.07, 6.45) is 1.13. The molecule has 0 bridgehead atoms. The Morgan fingerprint density at radius 1 is 1.43 bits per heavy atom. The zero-order chi connectivity index (χ0) is 15.5. The van der Waals surface area contributed by atoms with Crippen molar-refractivity contribution in [2.45, 2.75) is 30.7 Å². The van der Waals surface area contributed by atoms with Crippen LogP contribution in [-0.4, -0.2) is 45.0 Å². The zero-order valence-corrected chi connectivity index (χ0v) is 12.9. The van der Waals surface area contributed by atoms with Gasteiger partial charge >= 0.3 is 5.97 Å². The molecule has 1 unspecified atom stereocenters. The molecule has 0 spiro atoms. The average Bonchev–Trinajstić information content (AvgIpc) is 2.98. The van der Waals surface area contributed by atoms with Crippen molar-refractivity contribution >= 4 is 16.0 Å². The van der Waals surface area contributed by atoms with Crippen LogP contribution in [0.3, 0.4) is 0 Å². The van der Waals surface area contributed by atoms with Crippen molar-refractivity contribution in [1.82, 2.24) is 4.31 Å². The first-order valence-corrected chi connectivity index (χ1v) is 8.27. The van der Waals surface area contributed by atoms with Gasteiger partial charge in [0.2, 0.25) is 10.0 Å². The molecule has 1 atom stereocenters. The van der Waals surface area contributed by atoms with E-state index in [1.165, 1.54) is 23.5 Å². The number of hydrogen-bond acceptors (Lipinski definition) is 5. The van der Waals surface area contributed by atoms with Crippen LogP contribution in [0.25, 0.3) is 0 Å². The van der Waals surface area contributed by atoms with Gasteiger partial charge in [0.15, 0.2) is 0 Å². The quantitative estimate of drug-likeness (QED) is 0.769. The third-order valence-electron chi connectivity index (χ3n) is 3.41. The number of sulfonamides is 1. The van der Waals surface area contributed by atoms with E-state index in [2.05, 4.69) is 0 Å². The summed E-state index contributed by atoms with van der Waals surface area (Å²) in [5, 5.41) is 0. The van der Waals surface area contributed by atoms with Gasteiger partial charge < -0.3 is 9.47 Å². The Kier molecular flexibility index (Phi) is 4.84. The smallest absolute Gasteiger partial charge is 0.324 e. The normalized spacial score (nSPS) is 19.4. The first-order valence-electron chi connectivity index (χ1n) is 6.83. The molecule has 6 nitrogen and oxygen atoms in total. The molecule has 1 aromatic carbocycles. The van der Waals surface area contributed by atoms with E-state index in [1.807, 2.05) is 0 Å².